The summed E-state index contributed by atoms with van der Waals surface area (Å²) in [6.07, 6.45) is 1.69. The number of thiazole rings is 1. The molecule has 0 saturated heterocycles. The molecule has 0 fully saturated rings. The minimum Gasteiger partial charge on any atom is -0.497 e. The van der Waals surface area contributed by atoms with E-state index in [9.17, 15) is 9.59 Å². The van der Waals surface area contributed by atoms with E-state index in [1.807, 2.05) is 0 Å². The van der Waals surface area contributed by atoms with E-state index in [0.717, 1.165) is 0 Å². The largest absolute Gasteiger partial charge is 0.497 e. The number of aromatic nitrogens is 4. The maximum absolute atomic E-state index is 12.3. The second-order valence-electron chi connectivity index (χ2n) is 6.00. The van der Waals surface area contributed by atoms with Crippen LogP contribution in [0.25, 0.3) is 0 Å². The van der Waals surface area contributed by atoms with Crippen molar-refractivity contribution in [3.63, 3.8) is 0 Å². The predicted molar refractivity (Wildman–Crippen MR) is 112 cm³/mol. The van der Waals surface area contributed by atoms with Crippen molar-refractivity contribution in [3.8, 4) is 5.75 Å². The molecule has 0 aliphatic carbocycles. The van der Waals surface area contributed by atoms with E-state index in [2.05, 4.69) is 25.8 Å². The van der Waals surface area contributed by atoms with Crippen molar-refractivity contribution in [1.29, 1.82) is 0 Å². The van der Waals surface area contributed by atoms with Crippen LogP contribution >= 0.6 is 23.1 Å². The van der Waals surface area contributed by atoms with Crippen LogP contribution in [0.1, 0.15) is 12.7 Å². The molecule has 2 heterocycles. The predicted octanol–water partition coefficient (Wildman–Crippen LogP) is 2.58. The fourth-order valence-corrected chi connectivity index (χ4v) is 3.69. The first kappa shape index (κ1) is 20.8. The Morgan fingerprint density at radius 3 is 2.66 bits per heavy atom. The van der Waals surface area contributed by atoms with Gasteiger partial charge in [0, 0.05) is 24.3 Å². The van der Waals surface area contributed by atoms with Crippen LogP contribution in [0.5, 0.6) is 5.75 Å². The van der Waals surface area contributed by atoms with E-state index in [0.29, 0.717) is 27.5 Å². The number of nitrogens with zero attached hydrogens (tertiary/aromatic N) is 4. The summed E-state index contributed by atoms with van der Waals surface area (Å²) < 4.78 is 6.81. The lowest BCUT2D eigenvalue weighted by Gasteiger charge is -2.10. The van der Waals surface area contributed by atoms with Crippen LogP contribution in [0, 0.1) is 0 Å². The van der Waals surface area contributed by atoms with Gasteiger partial charge >= 0.3 is 0 Å². The number of hydrogen-bond donors (Lipinski definition) is 2. The van der Waals surface area contributed by atoms with E-state index in [1.54, 1.807) is 61.5 Å². The molecule has 2 amide bonds. The zero-order valence-electron chi connectivity index (χ0n) is 16.1. The van der Waals surface area contributed by atoms with Crippen molar-refractivity contribution in [2.75, 3.05) is 17.7 Å². The number of carbonyl (C=O) groups excluding carboxylic acids is 2. The van der Waals surface area contributed by atoms with Gasteiger partial charge in [0.15, 0.2) is 10.3 Å². The third kappa shape index (κ3) is 5.55. The molecule has 0 radical (unpaired) electrons. The van der Waals surface area contributed by atoms with Crippen LogP contribution in [-0.2, 0) is 23.1 Å². The zero-order chi connectivity index (χ0) is 20.8. The Morgan fingerprint density at radius 2 is 2.00 bits per heavy atom. The maximum Gasteiger partial charge on any atom is 0.239 e. The second-order valence-corrected chi connectivity index (χ2v) is 8.20. The molecular weight excluding hydrogens is 412 g/mol. The number of carbonyl (C=O) groups is 2. The molecule has 0 aliphatic rings. The van der Waals surface area contributed by atoms with E-state index >= 15 is 0 Å². The van der Waals surface area contributed by atoms with Crippen molar-refractivity contribution in [2.45, 2.75) is 23.8 Å². The third-order valence-corrected chi connectivity index (χ3v) is 5.75. The third-order valence-electron chi connectivity index (χ3n) is 3.93. The summed E-state index contributed by atoms with van der Waals surface area (Å²) in [5, 5.41) is 16.2. The van der Waals surface area contributed by atoms with Gasteiger partial charge in [-0.2, -0.15) is 0 Å². The number of nitrogens with one attached hydrogen (secondary N) is 2. The van der Waals surface area contributed by atoms with Crippen LogP contribution in [0.2, 0.25) is 0 Å². The average molecular weight is 433 g/mol. The van der Waals surface area contributed by atoms with Gasteiger partial charge in [0.1, 0.15) is 11.6 Å². The summed E-state index contributed by atoms with van der Waals surface area (Å²) in [7, 11) is 3.35. The molecule has 11 heteroatoms. The van der Waals surface area contributed by atoms with Gasteiger partial charge in [-0.05, 0) is 31.2 Å². The first-order valence-electron chi connectivity index (χ1n) is 8.65. The van der Waals surface area contributed by atoms with E-state index in [1.165, 1.54) is 23.1 Å². The highest BCUT2D eigenvalue weighted by atomic mass is 32.2. The number of methoxy groups -OCH3 is 1. The average Bonchev–Trinajstić information content (AvgIpc) is 3.33. The second kappa shape index (κ2) is 9.52. The highest BCUT2D eigenvalue weighted by Gasteiger charge is 2.20. The normalized spacial score (nSPS) is 11.7. The van der Waals surface area contributed by atoms with Gasteiger partial charge in [-0.25, -0.2) is 4.98 Å². The van der Waals surface area contributed by atoms with Gasteiger partial charge in [0.25, 0.3) is 0 Å². The SMILES string of the molecule is COc1ccc(NC(=O)Cc2nnc(S[C@@H](C)C(=O)Nc3nccs3)n2C)cc1. The molecule has 2 aromatic heterocycles. The Labute approximate surface area is 175 Å². The molecule has 3 rings (SSSR count). The Hall–Kier alpha value is -2.92. The lowest BCUT2D eigenvalue weighted by Crippen LogP contribution is -2.22. The molecule has 0 aliphatic heterocycles. The van der Waals surface area contributed by atoms with Gasteiger partial charge < -0.3 is 19.9 Å². The molecule has 0 spiro atoms. The molecule has 29 heavy (non-hydrogen) atoms. The number of thioether (sulfide) groups is 1. The van der Waals surface area contributed by atoms with Crippen LogP contribution in [0.3, 0.4) is 0 Å². The maximum atomic E-state index is 12.3. The molecule has 152 valence electrons. The summed E-state index contributed by atoms with van der Waals surface area (Å²) in [6, 6.07) is 7.06. The molecular formula is C18H20N6O3S2. The lowest BCUT2D eigenvalue weighted by molar-refractivity contribution is -0.116. The van der Waals surface area contributed by atoms with E-state index in [4.69, 9.17) is 4.74 Å². The summed E-state index contributed by atoms with van der Waals surface area (Å²) >= 11 is 2.62. The van der Waals surface area contributed by atoms with E-state index < -0.39 is 5.25 Å². The Morgan fingerprint density at radius 1 is 1.24 bits per heavy atom. The lowest BCUT2D eigenvalue weighted by atomic mass is 10.3. The van der Waals surface area contributed by atoms with Gasteiger partial charge in [0.2, 0.25) is 11.8 Å². The summed E-state index contributed by atoms with van der Waals surface area (Å²) in [6.45, 7) is 1.78. The molecule has 9 nitrogen and oxygen atoms in total. The standard InChI is InChI=1S/C18H20N6O3S2/c1-11(16(26)21-17-19-8-9-28-17)29-18-23-22-14(24(18)2)10-15(25)20-12-4-6-13(27-3)7-5-12/h4-9,11H,10H2,1-3H3,(H,20,25)(H,19,21,26)/t11-/m0/s1. The van der Waals surface area contributed by atoms with E-state index in [-0.39, 0.29) is 18.2 Å². The highest BCUT2D eigenvalue weighted by Crippen LogP contribution is 2.23. The topological polar surface area (TPSA) is 111 Å². The summed E-state index contributed by atoms with van der Waals surface area (Å²) in [5.74, 6) is 0.834. The van der Waals surface area contributed by atoms with Crippen molar-refractivity contribution in [1.82, 2.24) is 19.7 Å². The summed E-state index contributed by atoms with van der Waals surface area (Å²) in [5.41, 5.74) is 0.667. The molecule has 3 aromatic rings. The molecule has 0 unspecified atom stereocenters. The van der Waals surface area contributed by atoms with Crippen LogP contribution < -0.4 is 15.4 Å². The monoisotopic (exact) mass is 432 g/mol. The molecule has 2 N–H and O–H groups in total. The fraction of sp³-hybridized carbons (Fsp3) is 0.278. The number of benzene rings is 1. The van der Waals surface area contributed by atoms with Crippen molar-refractivity contribution < 1.29 is 14.3 Å². The Bertz CT molecular complexity index is 972. The van der Waals surface area contributed by atoms with Gasteiger partial charge in [-0.15, -0.1) is 21.5 Å². The quantitative estimate of drug-likeness (QED) is 0.526. The number of hydrogen-bond acceptors (Lipinski definition) is 8. The Kier molecular flexibility index (Phi) is 6.83. The van der Waals surface area contributed by atoms with Gasteiger partial charge in [-0.3, -0.25) is 9.59 Å². The Balaban J connectivity index is 1.56. The number of ether oxygens (including phenoxy) is 1. The van der Waals surface area contributed by atoms with Crippen LogP contribution in [0.4, 0.5) is 10.8 Å². The minimum atomic E-state index is -0.400. The molecule has 0 saturated carbocycles. The minimum absolute atomic E-state index is 0.0653. The smallest absolute Gasteiger partial charge is 0.239 e. The highest BCUT2D eigenvalue weighted by molar-refractivity contribution is 8.00. The number of amides is 2. The van der Waals surface area contributed by atoms with Crippen molar-refractivity contribution in [2.24, 2.45) is 7.05 Å². The molecule has 1 atom stereocenters. The number of anilines is 2. The van der Waals surface area contributed by atoms with Crippen LogP contribution in [-0.4, -0.2) is 43.9 Å². The van der Waals surface area contributed by atoms with Crippen LogP contribution in [0.15, 0.2) is 41.0 Å². The summed E-state index contributed by atoms with van der Waals surface area (Å²) in [4.78, 5) is 28.6. The van der Waals surface area contributed by atoms with Gasteiger partial charge in [-0.1, -0.05) is 11.8 Å². The molecule has 1 aromatic carbocycles. The first-order chi connectivity index (χ1) is 14.0. The molecule has 0 bridgehead atoms. The van der Waals surface area contributed by atoms with Crippen molar-refractivity contribution >= 4 is 45.7 Å². The fourth-order valence-electron chi connectivity index (χ4n) is 2.33. The zero-order valence-corrected chi connectivity index (χ0v) is 17.7. The first-order valence-corrected chi connectivity index (χ1v) is 10.4. The number of rotatable bonds is 8. The van der Waals surface area contributed by atoms with Crippen molar-refractivity contribution in [3.05, 3.63) is 41.7 Å². The van der Waals surface area contributed by atoms with Gasteiger partial charge in [0.05, 0.1) is 18.8 Å².